The normalized spacial score (nSPS) is 12.0. The molecule has 0 fully saturated rings. The van der Waals surface area contributed by atoms with E-state index in [4.69, 9.17) is 27.9 Å². The van der Waals surface area contributed by atoms with Crippen molar-refractivity contribution in [2.75, 3.05) is 7.11 Å². The van der Waals surface area contributed by atoms with E-state index in [1.54, 1.807) is 6.07 Å². The van der Waals surface area contributed by atoms with Crippen LogP contribution in [0.15, 0.2) is 42.5 Å². The van der Waals surface area contributed by atoms with Crippen LogP contribution in [0.5, 0.6) is 0 Å². The Labute approximate surface area is 134 Å². The fourth-order valence-corrected chi connectivity index (χ4v) is 2.72. The van der Waals surface area contributed by atoms with Crippen LogP contribution in [-0.2, 0) is 16.0 Å². The molecule has 0 spiro atoms. The molecule has 0 aromatic heterocycles. The van der Waals surface area contributed by atoms with Gasteiger partial charge in [-0.2, -0.15) is 0 Å². The molecule has 0 saturated carbocycles. The number of hydrogen-bond donors (Lipinski definition) is 0. The Hall–Kier alpha value is -1.51. The fraction of sp³-hybridized carbons (Fsp3) is 0.235. The number of halogens is 2. The highest BCUT2D eigenvalue weighted by atomic mass is 35.5. The quantitative estimate of drug-likeness (QED) is 0.739. The monoisotopic (exact) mass is 322 g/mol. The standard InChI is InChI=1S/C17H16Cl2O2/c1-11(17(20)21-2)7-12-3-5-13(6-4-12)14-8-15(18)10-16(19)9-14/h3-6,8-11H,7H2,1-2H3/t11-/m0/s1. The zero-order chi connectivity index (χ0) is 15.4. The number of benzene rings is 2. The molecule has 4 heteroatoms. The Morgan fingerprint density at radius 3 is 2.14 bits per heavy atom. The summed E-state index contributed by atoms with van der Waals surface area (Å²) in [5.41, 5.74) is 3.10. The van der Waals surface area contributed by atoms with E-state index in [0.29, 0.717) is 16.5 Å². The second-order valence-electron chi connectivity index (χ2n) is 4.98. The fourth-order valence-electron chi connectivity index (χ4n) is 2.19. The Kier molecular flexibility index (Phi) is 5.27. The predicted molar refractivity (Wildman–Crippen MR) is 86.8 cm³/mol. The number of ether oxygens (including phenoxy) is 1. The molecule has 0 saturated heterocycles. The summed E-state index contributed by atoms with van der Waals surface area (Å²) in [6, 6.07) is 13.5. The van der Waals surface area contributed by atoms with Gasteiger partial charge in [0.25, 0.3) is 0 Å². The zero-order valence-electron chi connectivity index (χ0n) is 11.9. The summed E-state index contributed by atoms with van der Waals surface area (Å²) < 4.78 is 4.74. The van der Waals surface area contributed by atoms with Crippen molar-refractivity contribution in [3.05, 3.63) is 58.1 Å². The number of hydrogen-bond acceptors (Lipinski definition) is 2. The third kappa shape index (κ3) is 4.23. The molecule has 21 heavy (non-hydrogen) atoms. The van der Waals surface area contributed by atoms with E-state index in [-0.39, 0.29) is 11.9 Å². The first-order valence-electron chi connectivity index (χ1n) is 6.63. The van der Waals surface area contributed by atoms with Crippen LogP contribution in [-0.4, -0.2) is 13.1 Å². The first kappa shape index (κ1) is 15.9. The average molecular weight is 323 g/mol. The van der Waals surface area contributed by atoms with Gasteiger partial charge in [0.15, 0.2) is 0 Å². The van der Waals surface area contributed by atoms with E-state index in [1.807, 2.05) is 43.3 Å². The molecule has 0 heterocycles. The van der Waals surface area contributed by atoms with Crippen molar-refractivity contribution in [1.82, 2.24) is 0 Å². The highest BCUT2D eigenvalue weighted by molar-refractivity contribution is 6.35. The molecular weight excluding hydrogens is 307 g/mol. The largest absolute Gasteiger partial charge is 0.469 e. The maximum Gasteiger partial charge on any atom is 0.308 e. The van der Waals surface area contributed by atoms with Crippen molar-refractivity contribution >= 4 is 29.2 Å². The van der Waals surface area contributed by atoms with Crippen molar-refractivity contribution in [1.29, 1.82) is 0 Å². The predicted octanol–water partition coefficient (Wildman–Crippen LogP) is 5.01. The summed E-state index contributed by atoms with van der Waals surface area (Å²) in [5.74, 6) is -0.345. The smallest absolute Gasteiger partial charge is 0.308 e. The Bertz CT molecular complexity index is 615. The molecule has 0 radical (unpaired) electrons. The van der Waals surface area contributed by atoms with E-state index in [9.17, 15) is 4.79 Å². The molecule has 2 aromatic rings. The van der Waals surface area contributed by atoms with Crippen molar-refractivity contribution in [3.8, 4) is 11.1 Å². The topological polar surface area (TPSA) is 26.3 Å². The Balaban J connectivity index is 2.17. The minimum Gasteiger partial charge on any atom is -0.469 e. The highest BCUT2D eigenvalue weighted by Crippen LogP contribution is 2.27. The third-order valence-electron chi connectivity index (χ3n) is 3.30. The molecule has 110 valence electrons. The van der Waals surface area contributed by atoms with Gasteiger partial charge in [0.1, 0.15) is 0 Å². The number of esters is 1. The van der Waals surface area contributed by atoms with E-state index >= 15 is 0 Å². The molecule has 1 atom stereocenters. The summed E-state index contributed by atoms with van der Waals surface area (Å²) >= 11 is 12.0. The summed E-state index contributed by atoms with van der Waals surface area (Å²) in [4.78, 5) is 11.4. The molecule has 0 aliphatic carbocycles. The number of methoxy groups -OCH3 is 1. The molecule has 0 aliphatic rings. The van der Waals surface area contributed by atoms with E-state index in [2.05, 4.69) is 0 Å². The minimum absolute atomic E-state index is 0.151. The Morgan fingerprint density at radius 1 is 1.05 bits per heavy atom. The summed E-state index contributed by atoms with van der Waals surface area (Å²) in [6.45, 7) is 1.86. The van der Waals surface area contributed by atoms with Crippen LogP contribution in [0.25, 0.3) is 11.1 Å². The van der Waals surface area contributed by atoms with Crippen LogP contribution in [0.3, 0.4) is 0 Å². The molecule has 2 nitrogen and oxygen atoms in total. The lowest BCUT2D eigenvalue weighted by molar-refractivity contribution is -0.144. The van der Waals surface area contributed by atoms with Crippen LogP contribution in [0.1, 0.15) is 12.5 Å². The van der Waals surface area contributed by atoms with Gasteiger partial charge in [-0.15, -0.1) is 0 Å². The van der Waals surface area contributed by atoms with Crippen molar-refractivity contribution < 1.29 is 9.53 Å². The van der Waals surface area contributed by atoms with Gasteiger partial charge in [-0.3, -0.25) is 4.79 Å². The van der Waals surface area contributed by atoms with Gasteiger partial charge in [-0.05, 0) is 41.3 Å². The molecule has 0 N–H and O–H groups in total. The Morgan fingerprint density at radius 2 is 1.62 bits per heavy atom. The molecule has 2 aromatic carbocycles. The minimum atomic E-state index is -0.194. The second-order valence-corrected chi connectivity index (χ2v) is 5.86. The lowest BCUT2D eigenvalue weighted by atomic mass is 9.98. The van der Waals surface area contributed by atoms with Crippen molar-refractivity contribution in [2.24, 2.45) is 5.92 Å². The van der Waals surface area contributed by atoms with Gasteiger partial charge in [-0.25, -0.2) is 0 Å². The van der Waals surface area contributed by atoms with Gasteiger partial charge < -0.3 is 4.74 Å². The maximum absolute atomic E-state index is 11.4. The van der Waals surface area contributed by atoms with Gasteiger partial charge in [0.2, 0.25) is 0 Å². The lowest BCUT2D eigenvalue weighted by Crippen LogP contribution is -2.14. The molecule has 2 rings (SSSR count). The average Bonchev–Trinajstić information content (AvgIpc) is 2.46. The summed E-state index contributed by atoms with van der Waals surface area (Å²) in [5, 5.41) is 1.22. The van der Waals surface area contributed by atoms with Crippen molar-refractivity contribution in [2.45, 2.75) is 13.3 Å². The van der Waals surface area contributed by atoms with E-state index in [1.165, 1.54) is 7.11 Å². The SMILES string of the molecule is COC(=O)[C@@H](C)Cc1ccc(-c2cc(Cl)cc(Cl)c2)cc1. The molecular formula is C17H16Cl2O2. The zero-order valence-corrected chi connectivity index (χ0v) is 13.4. The van der Waals surface area contributed by atoms with Crippen molar-refractivity contribution in [3.63, 3.8) is 0 Å². The van der Waals surface area contributed by atoms with Crippen LogP contribution < -0.4 is 0 Å². The second kappa shape index (κ2) is 6.97. The first-order valence-corrected chi connectivity index (χ1v) is 7.38. The third-order valence-corrected chi connectivity index (χ3v) is 3.73. The molecule has 0 bridgehead atoms. The highest BCUT2D eigenvalue weighted by Gasteiger charge is 2.13. The lowest BCUT2D eigenvalue weighted by Gasteiger charge is -2.10. The number of rotatable bonds is 4. The van der Waals surface area contributed by atoms with Gasteiger partial charge >= 0.3 is 5.97 Å². The molecule has 0 aliphatic heterocycles. The number of carbonyl (C=O) groups is 1. The van der Waals surface area contributed by atoms with Gasteiger partial charge in [0, 0.05) is 10.0 Å². The molecule has 0 amide bonds. The van der Waals surface area contributed by atoms with Crippen LogP contribution in [0.2, 0.25) is 10.0 Å². The van der Waals surface area contributed by atoms with E-state index < -0.39 is 0 Å². The first-order chi connectivity index (χ1) is 9.99. The van der Waals surface area contributed by atoms with Crippen LogP contribution in [0.4, 0.5) is 0 Å². The number of carbonyl (C=O) groups excluding carboxylic acids is 1. The summed E-state index contributed by atoms with van der Waals surface area (Å²) in [6.07, 6.45) is 0.656. The summed E-state index contributed by atoms with van der Waals surface area (Å²) in [7, 11) is 1.41. The van der Waals surface area contributed by atoms with Crippen LogP contribution >= 0.6 is 23.2 Å². The van der Waals surface area contributed by atoms with E-state index in [0.717, 1.165) is 16.7 Å². The van der Waals surface area contributed by atoms with Crippen LogP contribution in [0, 0.1) is 5.92 Å². The van der Waals surface area contributed by atoms with Gasteiger partial charge in [0.05, 0.1) is 13.0 Å². The molecule has 0 unspecified atom stereocenters. The maximum atomic E-state index is 11.4. The van der Waals surface area contributed by atoms with Gasteiger partial charge in [-0.1, -0.05) is 54.4 Å².